The molecular weight excluding hydrogens is 424 g/mol. The summed E-state index contributed by atoms with van der Waals surface area (Å²) >= 11 is 0. The lowest BCUT2D eigenvalue weighted by atomic mass is 9.62. The third-order valence-electron chi connectivity index (χ3n) is 7.66. The number of fused-ring (bicyclic) bond motifs is 1. The average Bonchev–Trinajstić information content (AvgIpc) is 3.26. The van der Waals surface area contributed by atoms with Crippen molar-refractivity contribution in [1.29, 1.82) is 0 Å². The highest BCUT2D eigenvalue weighted by Crippen LogP contribution is 2.65. The summed E-state index contributed by atoms with van der Waals surface area (Å²) in [5.74, 6) is -2.58. The van der Waals surface area contributed by atoms with Crippen molar-refractivity contribution in [3.8, 4) is 0 Å². The summed E-state index contributed by atoms with van der Waals surface area (Å²) in [4.78, 5) is 44.2. The zero-order chi connectivity index (χ0) is 24.6. The van der Waals surface area contributed by atoms with Gasteiger partial charge in [-0.1, -0.05) is 19.1 Å². The van der Waals surface area contributed by atoms with Crippen LogP contribution in [0.2, 0.25) is 0 Å². The predicted octanol–water partition coefficient (Wildman–Crippen LogP) is 1.92. The Bertz CT molecular complexity index is 813. The van der Waals surface area contributed by atoms with Gasteiger partial charge in [0.25, 0.3) is 0 Å². The van der Waals surface area contributed by atoms with Gasteiger partial charge in [-0.2, -0.15) is 0 Å². The summed E-state index contributed by atoms with van der Waals surface area (Å²) in [6, 6.07) is -0.967. The highest BCUT2D eigenvalue weighted by Gasteiger charge is 2.80. The molecule has 3 heterocycles. The minimum absolute atomic E-state index is 0.0431. The minimum atomic E-state index is -1.10. The molecule has 3 fully saturated rings. The number of ether oxygens (including phenoxy) is 2. The molecule has 0 radical (unpaired) electrons. The maximum Gasteiger partial charge on any atom is 0.312 e. The number of esters is 1. The largest absolute Gasteiger partial charge is 0.465 e. The Hall–Kier alpha value is -2.19. The Morgan fingerprint density at radius 3 is 2.64 bits per heavy atom. The number of carbonyl (C=O) groups is 3. The number of carbonyl (C=O) groups excluding carboxylic acids is 3. The molecule has 3 saturated heterocycles. The number of hydrogen-bond donors (Lipinski definition) is 1. The van der Waals surface area contributed by atoms with E-state index in [2.05, 4.69) is 13.2 Å². The van der Waals surface area contributed by atoms with Crippen LogP contribution in [0.15, 0.2) is 25.3 Å². The molecule has 3 rings (SSSR count). The summed E-state index contributed by atoms with van der Waals surface area (Å²) in [6.07, 6.45) is 4.69. The molecule has 1 N–H and O–H groups in total. The van der Waals surface area contributed by atoms with E-state index in [0.717, 1.165) is 0 Å². The van der Waals surface area contributed by atoms with Crippen LogP contribution in [0, 0.1) is 17.8 Å². The molecule has 3 unspecified atom stereocenters. The number of rotatable bonds is 11. The smallest absolute Gasteiger partial charge is 0.312 e. The molecule has 0 aromatic rings. The average molecular weight is 463 g/mol. The van der Waals surface area contributed by atoms with E-state index in [4.69, 9.17) is 9.47 Å². The van der Waals surface area contributed by atoms with Gasteiger partial charge in [0.1, 0.15) is 17.6 Å². The molecule has 1 spiro atoms. The highest BCUT2D eigenvalue weighted by molar-refractivity contribution is 5.98. The first-order valence-electron chi connectivity index (χ1n) is 11.9. The van der Waals surface area contributed by atoms with Crippen molar-refractivity contribution in [1.82, 2.24) is 9.80 Å². The molecule has 3 aliphatic heterocycles. The fourth-order valence-electron chi connectivity index (χ4n) is 6.04. The monoisotopic (exact) mass is 462 g/mol. The number of aliphatic hydroxyl groups excluding tert-OH is 1. The lowest BCUT2D eigenvalue weighted by Crippen LogP contribution is -2.57. The SMILES string of the molecule is C=CCCOC(=O)[C@H]1[C@H]2C(=O)N(CCCO)C(C(=O)N(CC=C)C(C)C)C23CC(C)[C@]1(C)O3. The van der Waals surface area contributed by atoms with Gasteiger partial charge in [-0.3, -0.25) is 14.4 Å². The first-order valence-corrected chi connectivity index (χ1v) is 11.9. The Kier molecular flexibility index (Phi) is 7.39. The quantitative estimate of drug-likeness (QED) is 0.286. The second kappa shape index (κ2) is 9.58. The van der Waals surface area contributed by atoms with Gasteiger partial charge in [0.15, 0.2) is 0 Å². The van der Waals surface area contributed by atoms with E-state index < -0.39 is 35.0 Å². The number of likely N-dealkylation sites (tertiary alicyclic amines) is 1. The maximum atomic E-state index is 13.9. The zero-order valence-corrected chi connectivity index (χ0v) is 20.3. The minimum Gasteiger partial charge on any atom is -0.465 e. The molecule has 2 bridgehead atoms. The number of nitrogens with zero attached hydrogens (tertiary/aromatic N) is 2. The van der Waals surface area contributed by atoms with Crippen molar-refractivity contribution in [2.24, 2.45) is 17.8 Å². The van der Waals surface area contributed by atoms with E-state index >= 15 is 0 Å². The first-order chi connectivity index (χ1) is 15.6. The second-order valence-electron chi connectivity index (χ2n) is 9.93. The van der Waals surface area contributed by atoms with Gasteiger partial charge in [0.2, 0.25) is 11.8 Å². The van der Waals surface area contributed by atoms with Crippen LogP contribution in [-0.4, -0.2) is 82.3 Å². The molecule has 0 aromatic carbocycles. The first kappa shape index (κ1) is 25.4. The van der Waals surface area contributed by atoms with Crippen LogP contribution in [0.3, 0.4) is 0 Å². The fraction of sp³-hybridized carbons (Fsp3) is 0.720. The van der Waals surface area contributed by atoms with Gasteiger partial charge in [-0.25, -0.2) is 0 Å². The third kappa shape index (κ3) is 3.91. The van der Waals surface area contributed by atoms with Crippen LogP contribution in [-0.2, 0) is 23.9 Å². The van der Waals surface area contributed by atoms with Crippen LogP contribution in [0.1, 0.15) is 47.0 Å². The van der Waals surface area contributed by atoms with Gasteiger partial charge >= 0.3 is 5.97 Å². The summed E-state index contributed by atoms with van der Waals surface area (Å²) in [6.45, 7) is 15.8. The van der Waals surface area contributed by atoms with E-state index in [0.29, 0.717) is 25.8 Å². The maximum absolute atomic E-state index is 13.9. The lowest BCUT2D eigenvalue weighted by molar-refractivity contribution is -0.162. The van der Waals surface area contributed by atoms with Crippen molar-refractivity contribution in [2.75, 3.05) is 26.3 Å². The summed E-state index contributed by atoms with van der Waals surface area (Å²) in [5.41, 5.74) is -2.00. The molecule has 6 atom stereocenters. The lowest BCUT2D eigenvalue weighted by Gasteiger charge is -2.38. The summed E-state index contributed by atoms with van der Waals surface area (Å²) < 4.78 is 12.1. The van der Waals surface area contributed by atoms with Gasteiger partial charge in [0.05, 0.1) is 18.1 Å². The van der Waals surface area contributed by atoms with E-state index in [9.17, 15) is 19.5 Å². The molecule has 2 amide bonds. The van der Waals surface area contributed by atoms with Gasteiger partial charge in [-0.05, 0) is 46.0 Å². The van der Waals surface area contributed by atoms with Crippen LogP contribution in [0.5, 0.6) is 0 Å². The van der Waals surface area contributed by atoms with Gasteiger partial charge in [0, 0.05) is 25.7 Å². The van der Waals surface area contributed by atoms with Crippen LogP contribution < -0.4 is 0 Å². The molecule has 184 valence electrons. The normalized spacial score (nSPS) is 34.5. The van der Waals surface area contributed by atoms with E-state index in [-0.39, 0.29) is 43.5 Å². The molecule has 0 aromatic heterocycles. The van der Waals surface area contributed by atoms with Crippen molar-refractivity contribution in [3.05, 3.63) is 25.3 Å². The van der Waals surface area contributed by atoms with Crippen molar-refractivity contribution in [3.63, 3.8) is 0 Å². The second-order valence-corrected chi connectivity index (χ2v) is 9.93. The number of amides is 2. The summed E-state index contributed by atoms with van der Waals surface area (Å²) in [5, 5.41) is 9.44. The van der Waals surface area contributed by atoms with E-state index in [1.54, 1.807) is 17.1 Å². The van der Waals surface area contributed by atoms with E-state index in [1.165, 1.54) is 4.90 Å². The van der Waals surface area contributed by atoms with Crippen LogP contribution in [0.4, 0.5) is 0 Å². The van der Waals surface area contributed by atoms with Crippen molar-refractivity contribution < 1.29 is 29.0 Å². The van der Waals surface area contributed by atoms with E-state index in [1.807, 2.05) is 27.7 Å². The molecule has 8 heteroatoms. The number of aliphatic hydroxyl groups is 1. The Morgan fingerprint density at radius 2 is 2.06 bits per heavy atom. The molecular formula is C25H38N2O6. The van der Waals surface area contributed by atoms with Crippen molar-refractivity contribution >= 4 is 17.8 Å². The van der Waals surface area contributed by atoms with Gasteiger partial charge in [-0.15, -0.1) is 13.2 Å². The van der Waals surface area contributed by atoms with Crippen LogP contribution >= 0.6 is 0 Å². The number of hydrogen-bond acceptors (Lipinski definition) is 6. The van der Waals surface area contributed by atoms with Gasteiger partial charge < -0.3 is 24.4 Å². The summed E-state index contributed by atoms with van der Waals surface area (Å²) in [7, 11) is 0. The molecule has 0 saturated carbocycles. The zero-order valence-electron chi connectivity index (χ0n) is 20.3. The Balaban J connectivity index is 2.06. The molecule has 0 aliphatic carbocycles. The fourth-order valence-corrected chi connectivity index (χ4v) is 6.04. The molecule has 33 heavy (non-hydrogen) atoms. The predicted molar refractivity (Wildman–Crippen MR) is 123 cm³/mol. The van der Waals surface area contributed by atoms with Crippen LogP contribution in [0.25, 0.3) is 0 Å². The van der Waals surface area contributed by atoms with Crippen molar-refractivity contribution in [2.45, 2.75) is 70.2 Å². The Labute approximate surface area is 196 Å². The Morgan fingerprint density at radius 1 is 1.36 bits per heavy atom. The highest BCUT2D eigenvalue weighted by atomic mass is 16.6. The molecule has 8 nitrogen and oxygen atoms in total. The molecule has 3 aliphatic rings. The third-order valence-corrected chi connectivity index (χ3v) is 7.66. The standard InChI is InChI=1S/C25H38N2O6/c1-7-9-14-32-23(31)19-18-21(29)27(12-10-13-28)20(22(30)26(11-8-2)16(3)4)25(18)15-17(5)24(19,6)33-25/h7-8,16-20,28H,1-2,9-15H2,3-6H3/t17?,18-,19+,20?,24-,25?/m0/s1. The topological polar surface area (TPSA) is 96.4 Å².